The molecule has 1 atom stereocenters. The zero-order valence-electron chi connectivity index (χ0n) is 22.6. The normalized spacial score (nSPS) is 12.6. The molecule has 0 saturated carbocycles. The minimum atomic E-state index is -0.150. The van der Waals surface area contributed by atoms with Gasteiger partial charge in [-0.1, -0.05) is 49.2 Å². The summed E-state index contributed by atoms with van der Waals surface area (Å²) in [6.07, 6.45) is 2.53. The van der Waals surface area contributed by atoms with Crippen LogP contribution in [0.1, 0.15) is 73.6 Å². The van der Waals surface area contributed by atoms with Gasteiger partial charge in [-0.3, -0.25) is 9.59 Å². The van der Waals surface area contributed by atoms with E-state index in [4.69, 9.17) is 37.7 Å². The van der Waals surface area contributed by atoms with Gasteiger partial charge in [-0.2, -0.15) is 0 Å². The molecular weight excluding hydrogens is 541 g/mol. The summed E-state index contributed by atoms with van der Waals surface area (Å²) in [5.74, 6) is 0.967. The summed E-state index contributed by atoms with van der Waals surface area (Å²) in [6, 6.07) is 9.15. The summed E-state index contributed by atoms with van der Waals surface area (Å²) in [6.45, 7) is 10.1. The van der Waals surface area contributed by atoms with Crippen molar-refractivity contribution in [1.82, 2.24) is 4.98 Å². The lowest BCUT2D eigenvalue weighted by Crippen LogP contribution is -2.10. The number of benzene rings is 2. The molecule has 0 N–H and O–H groups in total. The minimum Gasteiger partial charge on any atom is -0.496 e. The number of carbonyl (C=O) groups excluding carboxylic acids is 2. The van der Waals surface area contributed by atoms with Crippen molar-refractivity contribution in [1.29, 1.82) is 0 Å². The Morgan fingerprint density at radius 1 is 1.13 bits per heavy atom. The third-order valence-electron chi connectivity index (χ3n) is 6.11. The lowest BCUT2D eigenvalue weighted by molar-refractivity contribution is -0.113. The zero-order chi connectivity index (χ0) is 28.0. The largest absolute Gasteiger partial charge is 0.496 e. The number of hydrogen-bond acceptors (Lipinski definition) is 6. The number of para-hydroxylation sites is 1. The van der Waals surface area contributed by atoms with Gasteiger partial charge in [0, 0.05) is 34.2 Å². The number of Topliss-reactive ketones (excluding diaryl/α,β-unsaturated/α-hetero) is 2. The molecule has 1 aromatic heterocycles. The van der Waals surface area contributed by atoms with Crippen molar-refractivity contribution in [3.05, 3.63) is 73.0 Å². The van der Waals surface area contributed by atoms with Crippen LogP contribution in [-0.2, 0) is 16.0 Å². The fourth-order valence-electron chi connectivity index (χ4n) is 4.11. The van der Waals surface area contributed by atoms with Crippen LogP contribution in [0, 0.1) is 5.92 Å². The lowest BCUT2D eigenvalue weighted by Gasteiger charge is -2.23. The Kier molecular flexibility index (Phi) is 10.7. The molecule has 0 aliphatic carbocycles. The molecule has 1 unspecified atom stereocenters. The summed E-state index contributed by atoms with van der Waals surface area (Å²) < 4.78 is 11.9. The first kappa shape index (κ1) is 30.0. The number of allylic oxidation sites excluding steroid dienone is 1. The number of thiazole rings is 1. The van der Waals surface area contributed by atoms with E-state index in [1.807, 2.05) is 30.5 Å². The van der Waals surface area contributed by atoms with E-state index in [9.17, 15) is 9.59 Å². The highest BCUT2D eigenvalue weighted by molar-refractivity contribution is 7.10. The Hall–Kier alpha value is -2.51. The molecule has 0 amide bonds. The number of carbonyl (C=O) groups is 2. The molecule has 202 valence electrons. The van der Waals surface area contributed by atoms with E-state index < -0.39 is 0 Å². The van der Waals surface area contributed by atoms with Crippen LogP contribution < -0.4 is 4.74 Å². The molecule has 38 heavy (non-hydrogen) atoms. The zero-order valence-corrected chi connectivity index (χ0v) is 24.9. The topological polar surface area (TPSA) is 65.5 Å². The number of nitrogens with zero attached hydrogens (tertiary/aromatic N) is 1. The van der Waals surface area contributed by atoms with Gasteiger partial charge in [0.1, 0.15) is 10.8 Å². The Labute approximate surface area is 238 Å². The molecule has 0 radical (unpaired) electrons. The second-order valence-corrected chi connectivity index (χ2v) is 11.2. The van der Waals surface area contributed by atoms with Gasteiger partial charge in [-0.15, -0.1) is 11.3 Å². The summed E-state index contributed by atoms with van der Waals surface area (Å²) in [5.41, 5.74) is 4.03. The van der Waals surface area contributed by atoms with Crippen molar-refractivity contribution in [2.75, 3.05) is 13.7 Å². The molecule has 0 fully saturated rings. The average Bonchev–Trinajstić information content (AvgIpc) is 3.33. The fourth-order valence-corrected chi connectivity index (χ4v) is 5.50. The van der Waals surface area contributed by atoms with Gasteiger partial charge in [-0.05, 0) is 63.0 Å². The molecule has 3 rings (SSSR count). The SMILES string of the molecule is CCOC(CC(C)C)c1cccc(-c2csc(CC(=O)c3cc(Cl)c(/C=C(\C)C(C)=O)c(Cl)c3)n2)c1OC. The minimum absolute atomic E-state index is 0.0765. The van der Waals surface area contributed by atoms with Crippen LogP contribution in [0.3, 0.4) is 0 Å². The van der Waals surface area contributed by atoms with Crippen LogP contribution in [0.15, 0.2) is 41.3 Å². The smallest absolute Gasteiger partial charge is 0.169 e. The third kappa shape index (κ3) is 7.32. The van der Waals surface area contributed by atoms with Crippen LogP contribution in [0.4, 0.5) is 0 Å². The monoisotopic (exact) mass is 573 g/mol. The summed E-state index contributed by atoms with van der Waals surface area (Å²) in [7, 11) is 1.65. The molecule has 0 aliphatic rings. The number of ether oxygens (including phenoxy) is 2. The number of rotatable bonds is 12. The van der Waals surface area contributed by atoms with Gasteiger partial charge in [0.25, 0.3) is 0 Å². The fraction of sp³-hybridized carbons (Fsp3) is 0.367. The Morgan fingerprint density at radius 3 is 2.39 bits per heavy atom. The van der Waals surface area contributed by atoms with Crippen molar-refractivity contribution in [3.63, 3.8) is 0 Å². The maximum absolute atomic E-state index is 13.1. The Morgan fingerprint density at radius 2 is 1.82 bits per heavy atom. The van der Waals surface area contributed by atoms with Crippen molar-refractivity contribution in [2.24, 2.45) is 5.92 Å². The summed E-state index contributed by atoms with van der Waals surface area (Å²) in [5, 5.41) is 3.23. The maximum Gasteiger partial charge on any atom is 0.169 e. The summed E-state index contributed by atoms with van der Waals surface area (Å²) in [4.78, 5) is 29.4. The van der Waals surface area contributed by atoms with Gasteiger partial charge in [-0.25, -0.2) is 4.98 Å². The summed E-state index contributed by atoms with van der Waals surface area (Å²) >= 11 is 14.2. The number of hydrogen-bond donors (Lipinski definition) is 0. The molecule has 8 heteroatoms. The van der Waals surface area contributed by atoms with E-state index in [-0.39, 0.29) is 24.1 Å². The average molecular weight is 575 g/mol. The predicted octanol–water partition coefficient (Wildman–Crippen LogP) is 8.67. The van der Waals surface area contributed by atoms with Gasteiger partial charge in [0.15, 0.2) is 11.6 Å². The lowest BCUT2D eigenvalue weighted by atomic mass is 9.96. The second kappa shape index (κ2) is 13.5. The van der Waals surface area contributed by atoms with E-state index in [0.717, 1.165) is 29.0 Å². The standard InChI is InChI=1S/C30H33Cl2NO4S/c1-7-37-28(11-17(2)3)22-10-8-9-21(30(22)36-6)26-16-38-29(33-26)15-27(35)20-13-24(31)23(25(32)14-20)12-18(4)19(5)34/h8-10,12-14,16-17,28H,7,11,15H2,1-6H3/b18-12+. The number of aromatic nitrogens is 1. The number of methoxy groups -OCH3 is 1. The van der Waals surface area contributed by atoms with Crippen molar-refractivity contribution >= 4 is 52.2 Å². The van der Waals surface area contributed by atoms with E-state index >= 15 is 0 Å². The highest BCUT2D eigenvalue weighted by Crippen LogP contribution is 2.40. The second-order valence-electron chi connectivity index (χ2n) is 9.47. The maximum atomic E-state index is 13.1. The van der Waals surface area contributed by atoms with E-state index in [1.54, 1.807) is 32.2 Å². The molecule has 0 saturated heterocycles. The van der Waals surface area contributed by atoms with Crippen LogP contribution >= 0.6 is 34.5 Å². The molecule has 2 aromatic carbocycles. The third-order valence-corrected chi connectivity index (χ3v) is 7.58. The first-order chi connectivity index (χ1) is 18.0. The van der Waals surface area contributed by atoms with E-state index in [0.29, 0.717) is 44.3 Å². The van der Waals surface area contributed by atoms with Gasteiger partial charge >= 0.3 is 0 Å². The number of ketones is 2. The highest BCUT2D eigenvalue weighted by Gasteiger charge is 2.22. The van der Waals surface area contributed by atoms with E-state index in [2.05, 4.69) is 13.8 Å². The molecule has 0 aliphatic heterocycles. The molecule has 0 spiro atoms. The molecule has 3 aromatic rings. The molecule has 0 bridgehead atoms. The van der Waals surface area contributed by atoms with Crippen molar-refractivity contribution in [3.8, 4) is 17.0 Å². The van der Waals surface area contributed by atoms with Gasteiger partial charge in [0.05, 0.1) is 35.4 Å². The van der Waals surface area contributed by atoms with Crippen molar-refractivity contribution < 1.29 is 19.1 Å². The molecule has 1 heterocycles. The van der Waals surface area contributed by atoms with Crippen LogP contribution in [0.25, 0.3) is 17.3 Å². The van der Waals surface area contributed by atoms with Crippen LogP contribution in [0.2, 0.25) is 10.0 Å². The first-order valence-corrected chi connectivity index (χ1v) is 14.1. The van der Waals surface area contributed by atoms with Crippen molar-refractivity contribution in [2.45, 2.75) is 53.6 Å². The quantitative estimate of drug-likeness (QED) is 0.160. The van der Waals surface area contributed by atoms with Gasteiger partial charge in [0.2, 0.25) is 0 Å². The Balaban J connectivity index is 1.87. The Bertz CT molecular complexity index is 1320. The molecular formula is C30H33Cl2NO4S. The van der Waals surface area contributed by atoms with E-state index in [1.165, 1.54) is 18.3 Å². The van der Waals surface area contributed by atoms with Gasteiger partial charge < -0.3 is 9.47 Å². The highest BCUT2D eigenvalue weighted by atomic mass is 35.5. The first-order valence-electron chi connectivity index (χ1n) is 12.5. The van der Waals surface area contributed by atoms with Crippen LogP contribution in [-0.4, -0.2) is 30.3 Å². The predicted molar refractivity (Wildman–Crippen MR) is 157 cm³/mol. The van der Waals surface area contributed by atoms with Crippen LogP contribution in [0.5, 0.6) is 5.75 Å². The molecule has 5 nitrogen and oxygen atoms in total. The number of halogens is 2.